The summed E-state index contributed by atoms with van der Waals surface area (Å²) in [6, 6.07) is 0. The molecule has 1 aliphatic heterocycles. The topological polar surface area (TPSA) is 32.6 Å². The highest BCUT2D eigenvalue weighted by atomic mass is 16.3. The van der Waals surface area contributed by atoms with Crippen molar-refractivity contribution in [3.63, 3.8) is 0 Å². The fourth-order valence-corrected chi connectivity index (χ4v) is 2.84. The Bertz CT molecular complexity index is 299. The lowest BCUT2D eigenvalue weighted by atomic mass is 10.1. The molecule has 0 aliphatic carbocycles. The van der Waals surface area contributed by atoms with Gasteiger partial charge in [-0.05, 0) is 32.6 Å². The van der Waals surface area contributed by atoms with E-state index in [1.807, 2.05) is 0 Å². The summed E-state index contributed by atoms with van der Waals surface area (Å²) in [6.07, 6.45) is 11.8. The number of hydrogen-bond donors (Lipinski definition) is 1. The Morgan fingerprint density at radius 2 is 2.00 bits per heavy atom. The fourth-order valence-electron chi connectivity index (χ4n) is 2.84. The zero-order valence-corrected chi connectivity index (χ0v) is 12.8. The van der Waals surface area contributed by atoms with E-state index >= 15 is 0 Å². The van der Waals surface area contributed by atoms with Crippen LogP contribution in [0.15, 0.2) is 17.1 Å². The lowest BCUT2D eigenvalue weighted by Crippen LogP contribution is -2.52. The minimum Gasteiger partial charge on any atom is -0.390 e. The largest absolute Gasteiger partial charge is 0.390 e. The van der Waals surface area contributed by atoms with Gasteiger partial charge in [0.2, 0.25) is 0 Å². The molecule has 0 aromatic carbocycles. The number of hydrogen-bond acceptors (Lipinski definition) is 2. The molecule has 0 fully saturated rings. The number of unbranched alkanes of at least 4 members (excludes halogenated alkanes) is 3. The Hall–Kier alpha value is -0.670. The standard InChI is InChI=1S/C16H31N2O/c1-3-5-6-7-8-9-10-11-16-17-12-13-18(16,4-2)14-15-19/h6-7,19H,3-5,8-15H2,1-2H3/q+1/b7-6+. The first-order valence-electron chi connectivity index (χ1n) is 7.95. The second-order valence-corrected chi connectivity index (χ2v) is 5.44. The second-order valence-electron chi connectivity index (χ2n) is 5.44. The summed E-state index contributed by atoms with van der Waals surface area (Å²) in [5.41, 5.74) is 0. The maximum Gasteiger partial charge on any atom is 0.198 e. The van der Waals surface area contributed by atoms with Gasteiger partial charge in [-0.3, -0.25) is 4.48 Å². The predicted molar refractivity (Wildman–Crippen MR) is 82.4 cm³/mol. The summed E-state index contributed by atoms with van der Waals surface area (Å²) < 4.78 is 0.933. The maximum atomic E-state index is 9.25. The average molecular weight is 267 g/mol. The summed E-state index contributed by atoms with van der Waals surface area (Å²) in [7, 11) is 0. The lowest BCUT2D eigenvalue weighted by Gasteiger charge is -2.33. The van der Waals surface area contributed by atoms with Crippen LogP contribution in [0.1, 0.15) is 52.4 Å². The number of rotatable bonds is 10. The van der Waals surface area contributed by atoms with Crippen molar-refractivity contribution < 1.29 is 9.59 Å². The molecule has 0 radical (unpaired) electrons. The van der Waals surface area contributed by atoms with Gasteiger partial charge in [0.15, 0.2) is 5.84 Å². The Labute approximate surface area is 118 Å². The van der Waals surface area contributed by atoms with Crippen LogP contribution in [-0.2, 0) is 0 Å². The molecule has 0 saturated carbocycles. The normalized spacial score (nSPS) is 23.2. The van der Waals surface area contributed by atoms with Gasteiger partial charge in [0.1, 0.15) is 13.1 Å². The molecule has 110 valence electrons. The monoisotopic (exact) mass is 267 g/mol. The number of nitrogens with zero attached hydrogens (tertiary/aromatic N) is 2. The zero-order chi connectivity index (χ0) is 14.0. The van der Waals surface area contributed by atoms with Gasteiger partial charge in [-0.25, -0.2) is 4.99 Å². The SMILES string of the molecule is CCC/C=C/CCCCC1=NCC[N+]1(CC)CCO. The molecule has 1 heterocycles. The predicted octanol–water partition coefficient (Wildman–Crippen LogP) is 3.14. The quantitative estimate of drug-likeness (QED) is 0.368. The molecule has 19 heavy (non-hydrogen) atoms. The summed E-state index contributed by atoms with van der Waals surface area (Å²) in [5.74, 6) is 1.33. The molecule has 1 atom stereocenters. The number of aliphatic imine (C=N–C) groups is 1. The van der Waals surface area contributed by atoms with Gasteiger partial charge in [-0.2, -0.15) is 0 Å². The van der Waals surface area contributed by atoms with Crippen molar-refractivity contribution in [1.29, 1.82) is 0 Å². The minimum atomic E-state index is 0.270. The summed E-state index contributed by atoms with van der Waals surface area (Å²) in [5, 5.41) is 9.25. The Kier molecular flexibility index (Phi) is 7.99. The van der Waals surface area contributed by atoms with Crippen LogP contribution >= 0.6 is 0 Å². The van der Waals surface area contributed by atoms with Gasteiger partial charge in [0.25, 0.3) is 0 Å². The van der Waals surface area contributed by atoms with Crippen LogP contribution in [-0.4, -0.2) is 48.2 Å². The highest BCUT2D eigenvalue weighted by Crippen LogP contribution is 2.19. The van der Waals surface area contributed by atoms with E-state index in [-0.39, 0.29) is 6.61 Å². The van der Waals surface area contributed by atoms with E-state index in [2.05, 4.69) is 31.0 Å². The van der Waals surface area contributed by atoms with E-state index in [4.69, 9.17) is 0 Å². The Morgan fingerprint density at radius 3 is 2.68 bits per heavy atom. The van der Waals surface area contributed by atoms with E-state index < -0.39 is 0 Å². The second kappa shape index (κ2) is 9.27. The highest BCUT2D eigenvalue weighted by molar-refractivity contribution is 5.76. The van der Waals surface area contributed by atoms with Crippen molar-refractivity contribution >= 4 is 5.84 Å². The molecule has 0 aromatic rings. The molecule has 3 heteroatoms. The van der Waals surface area contributed by atoms with Crippen LogP contribution in [0.25, 0.3) is 0 Å². The Morgan fingerprint density at radius 1 is 1.21 bits per heavy atom. The van der Waals surface area contributed by atoms with Crippen LogP contribution in [0, 0.1) is 0 Å². The van der Waals surface area contributed by atoms with Gasteiger partial charge >= 0.3 is 0 Å². The zero-order valence-electron chi connectivity index (χ0n) is 12.8. The molecule has 0 saturated heterocycles. The molecule has 1 rings (SSSR count). The molecule has 3 nitrogen and oxygen atoms in total. The molecular formula is C16H31N2O+. The van der Waals surface area contributed by atoms with E-state index in [0.717, 1.165) is 37.1 Å². The number of allylic oxidation sites excluding steroid dienone is 2. The molecule has 0 spiro atoms. The Balaban J connectivity index is 2.28. The van der Waals surface area contributed by atoms with E-state index in [9.17, 15) is 5.11 Å². The molecule has 0 aromatic heterocycles. The minimum absolute atomic E-state index is 0.270. The van der Waals surface area contributed by atoms with E-state index in [1.165, 1.54) is 37.9 Å². The van der Waals surface area contributed by atoms with Gasteiger partial charge in [0, 0.05) is 6.42 Å². The highest BCUT2D eigenvalue weighted by Gasteiger charge is 2.35. The summed E-state index contributed by atoms with van der Waals surface area (Å²) in [4.78, 5) is 4.69. The third-order valence-corrected chi connectivity index (χ3v) is 4.15. The fraction of sp³-hybridized carbons (Fsp3) is 0.812. The molecular weight excluding hydrogens is 236 g/mol. The van der Waals surface area contributed by atoms with Crippen LogP contribution in [0.5, 0.6) is 0 Å². The van der Waals surface area contributed by atoms with E-state index in [0.29, 0.717) is 0 Å². The smallest absolute Gasteiger partial charge is 0.198 e. The molecule has 1 aliphatic rings. The molecule has 1 N–H and O–H groups in total. The first-order chi connectivity index (χ1) is 9.29. The van der Waals surface area contributed by atoms with Crippen molar-refractivity contribution in [3.8, 4) is 0 Å². The van der Waals surface area contributed by atoms with Crippen LogP contribution in [0.4, 0.5) is 0 Å². The molecule has 1 unspecified atom stereocenters. The number of aliphatic hydroxyl groups is 1. The van der Waals surface area contributed by atoms with Crippen LogP contribution in [0.2, 0.25) is 0 Å². The molecule has 0 amide bonds. The molecule has 0 bridgehead atoms. The average Bonchev–Trinajstić information content (AvgIpc) is 2.82. The van der Waals surface area contributed by atoms with Gasteiger partial charge < -0.3 is 5.11 Å². The maximum absolute atomic E-state index is 9.25. The first-order valence-corrected chi connectivity index (χ1v) is 7.95. The van der Waals surface area contributed by atoms with Crippen molar-refractivity contribution in [2.75, 3.05) is 32.8 Å². The third-order valence-electron chi connectivity index (χ3n) is 4.15. The van der Waals surface area contributed by atoms with Crippen molar-refractivity contribution in [2.24, 2.45) is 4.99 Å². The summed E-state index contributed by atoms with van der Waals surface area (Å²) in [6.45, 7) is 8.63. The van der Waals surface area contributed by atoms with Crippen LogP contribution in [0.3, 0.4) is 0 Å². The number of aliphatic hydroxyl groups excluding tert-OH is 1. The number of quaternary nitrogens is 1. The number of amidine groups is 1. The first kappa shape index (κ1) is 16.4. The van der Waals surface area contributed by atoms with Crippen molar-refractivity contribution in [3.05, 3.63) is 12.2 Å². The van der Waals surface area contributed by atoms with Gasteiger partial charge in [0.05, 0.1) is 19.7 Å². The summed E-state index contributed by atoms with van der Waals surface area (Å²) >= 11 is 0. The van der Waals surface area contributed by atoms with Crippen molar-refractivity contribution in [1.82, 2.24) is 0 Å². The van der Waals surface area contributed by atoms with Gasteiger partial charge in [-0.15, -0.1) is 0 Å². The van der Waals surface area contributed by atoms with Gasteiger partial charge in [-0.1, -0.05) is 25.5 Å². The van der Waals surface area contributed by atoms with Crippen molar-refractivity contribution in [2.45, 2.75) is 52.4 Å². The lowest BCUT2D eigenvalue weighted by molar-refractivity contribution is -0.835. The van der Waals surface area contributed by atoms with E-state index in [1.54, 1.807) is 0 Å². The number of likely N-dealkylation sites (N-methyl/N-ethyl adjacent to an activating group) is 1. The van der Waals surface area contributed by atoms with Crippen LogP contribution < -0.4 is 0 Å². The third kappa shape index (κ3) is 5.07.